The Hall–Kier alpha value is -2.63. The van der Waals surface area contributed by atoms with Crippen molar-refractivity contribution in [2.75, 3.05) is 13.2 Å². The van der Waals surface area contributed by atoms with Crippen molar-refractivity contribution < 1.29 is 28.6 Å². The number of hydrogen-bond donors (Lipinski definition) is 0. The van der Waals surface area contributed by atoms with E-state index in [4.69, 9.17) is 14.2 Å². The van der Waals surface area contributed by atoms with Crippen LogP contribution >= 0.6 is 0 Å². The quantitative estimate of drug-likeness (QED) is 0.0263. The minimum atomic E-state index is -0.784. The van der Waals surface area contributed by atoms with Crippen LogP contribution in [0.15, 0.2) is 48.6 Å². The Morgan fingerprint density at radius 3 is 1.03 bits per heavy atom. The fourth-order valence-electron chi connectivity index (χ4n) is 6.92. The number of carbonyl (C=O) groups is 3. The van der Waals surface area contributed by atoms with Crippen LogP contribution in [0.3, 0.4) is 0 Å². The van der Waals surface area contributed by atoms with Gasteiger partial charge in [-0.3, -0.25) is 14.4 Å². The zero-order valence-electron chi connectivity index (χ0n) is 39.0. The maximum absolute atomic E-state index is 12.8. The molecular formula is C53H94O6. The first-order valence-electron chi connectivity index (χ1n) is 25.1. The van der Waals surface area contributed by atoms with E-state index in [1.54, 1.807) is 0 Å². The Bertz CT molecular complexity index is 1040. The molecule has 0 unspecified atom stereocenters. The van der Waals surface area contributed by atoms with E-state index in [2.05, 4.69) is 69.4 Å². The molecule has 0 saturated carbocycles. The van der Waals surface area contributed by atoms with E-state index in [0.29, 0.717) is 19.3 Å². The van der Waals surface area contributed by atoms with Crippen LogP contribution in [0.25, 0.3) is 0 Å². The highest BCUT2D eigenvalue weighted by atomic mass is 16.6. The lowest BCUT2D eigenvalue weighted by Gasteiger charge is -2.18. The molecule has 0 spiro atoms. The van der Waals surface area contributed by atoms with E-state index in [1.165, 1.54) is 116 Å². The molecule has 1 atom stereocenters. The number of carbonyl (C=O) groups excluding carboxylic acids is 3. The molecule has 0 saturated heterocycles. The Kier molecular flexibility index (Phi) is 45.9. The lowest BCUT2D eigenvalue weighted by molar-refractivity contribution is -0.167. The first-order valence-corrected chi connectivity index (χ1v) is 25.1. The Labute approximate surface area is 365 Å². The van der Waals surface area contributed by atoms with Gasteiger partial charge in [-0.1, -0.05) is 185 Å². The molecule has 0 radical (unpaired) electrons. The zero-order chi connectivity index (χ0) is 43.0. The monoisotopic (exact) mass is 827 g/mol. The van der Waals surface area contributed by atoms with Gasteiger partial charge >= 0.3 is 17.9 Å². The Balaban J connectivity index is 4.40. The van der Waals surface area contributed by atoms with Crippen LogP contribution in [-0.4, -0.2) is 37.2 Å². The fraction of sp³-hybridized carbons (Fsp3) is 0.792. The zero-order valence-corrected chi connectivity index (χ0v) is 39.0. The molecule has 0 rings (SSSR count). The van der Waals surface area contributed by atoms with E-state index < -0.39 is 6.10 Å². The summed E-state index contributed by atoms with van der Waals surface area (Å²) in [4.78, 5) is 37.9. The Morgan fingerprint density at radius 1 is 0.339 bits per heavy atom. The second-order valence-corrected chi connectivity index (χ2v) is 16.7. The summed E-state index contributed by atoms with van der Waals surface area (Å²) in [5.41, 5.74) is 0. The molecule has 0 aromatic heterocycles. The number of unbranched alkanes of at least 4 members (excludes halogenated alkanes) is 26. The first-order chi connectivity index (χ1) is 29.0. The molecule has 0 bridgehead atoms. The molecule has 0 aliphatic heterocycles. The molecular weight excluding hydrogens is 733 g/mol. The van der Waals surface area contributed by atoms with Crippen LogP contribution in [0.5, 0.6) is 0 Å². The van der Waals surface area contributed by atoms with Crippen LogP contribution in [0.2, 0.25) is 0 Å². The van der Waals surface area contributed by atoms with E-state index in [-0.39, 0.29) is 31.1 Å². The van der Waals surface area contributed by atoms with Gasteiger partial charge in [0.05, 0.1) is 0 Å². The van der Waals surface area contributed by atoms with Gasteiger partial charge in [-0.25, -0.2) is 0 Å². The van der Waals surface area contributed by atoms with Crippen molar-refractivity contribution in [1.82, 2.24) is 0 Å². The number of hydrogen-bond acceptors (Lipinski definition) is 6. The average molecular weight is 827 g/mol. The maximum atomic E-state index is 12.8. The van der Waals surface area contributed by atoms with Crippen LogP contribution in [0, 0.1) is 0 Å². The van der Waals surface area contributed by atoms with Crippen LogP contribution in [0.1, 0.15) is 252 Å². The van der Waals surface area contributed by atoms with Gasteiger partial charge in [0, 0.05) is 19.3 Å². The predicted octanol–water partition coefficient (Wildman–Crippen LogP) is 16.3. The maximum Gasteiger partial charge on any atom is 0.306 e. The standard InChI is InChI=1S/C53H94O6/c1-4-7-10-13-16-19-22-24-26-28-31-34-37-40-43-46-52(55)58-49-50(48-57-51(54)45-42-39-36-33-30-21-18-15-12-9-6-3)59-53(56)47-44-41-38-35-32-29-27-25-23-20-17-14-11-8-5-2/h15,17-18,20,24-27,50H,4-14,16,19,21-23,28-49H2,1-3H3/b18-15-,20-17-,26-24-,27-25-/t50-/m0/s1. The van der Waals surface area contributed by atoms with Crippen molar-refractivity contribution in [2.24, 2.45) is 0 Å². The third-order valence-electron chi connectivity index (χ3n) is 10.8. The summed E-state index contributed by atoms with van der Waals surface area (Å²) in [6, 6.07) is 0. The van der Waals surface area contributed by atoms with E-state index in [1.807, 2.05) is 0 Å². The number of allylic oxidation sites excluding steroid dienone is 8. The van der Waals surface area contributed by atoms with Gasteiger partial charge in [0.15, 0.2) is 6.10 Å². The van der Waals surface area contributed by atoms with Crippen molar-refractivity contribution >= 4 is 17.9 Å². The second-order valence-electron chi connectivity index (χ2n) is 16.7. The average Bonchev–Trinajstić information content (AvgIpc) is 3.23. The van der Waals surface area contributed by atoms with Crippen molar-refractivity contribution in [3.8, 4) is 0 Å². The lowest BCUT2D eigenvalue weighted by atomic mass is 10.1. The van der Waals surface area contributed by atoms with Crippen molar-refractivity contribution in [2.45, 2.75) is 258 Å². The summed E-state index contributed by atoms with van der Waals surface area (Å²) >= 11 is 0. The van der Waals surface area contributed by atoms with Gasteiger partial charge in [-0.2, -0.15) is 0 Å². The summed E-state index contributed by atoms with van der Waals surface area (Å²) in [5, 5.41) is 0. The van der Waals surface area contributed by atoms with Gasteiger partial charge in [0.1, 0.15) is 13.2 Å². The second kappa shape index (κ2) is 48.0. The smallest absolute Gasteiger partial charge is 0.306 e. The highest BCUT2D eigenvalue weighted by molar-refractivity contribution is 5.71. The van der Waals surface area contributed by atoms with Crippen molar-refractivity contribution in [1.29, 1.82) is 0 Å². The predicted molar refractivity (Wildman–Crippen MR) is 252 cm³/mol. The molecule has 0 N–H and O–H groups in total. The van der Waals surface area contributed by atoms with E-state index in [9.17, 15) is 14.4 Å². The summed E-state index contributed by atoms with van der Waals surface area (Å²) < 4.78 is 16.7. The normalized spacial score (nSPS) is 12.4. The van der Waals surface area contributed by atoms with Gasteiger partial charge in [0.25, 0.3) is 0 Å². The molecule has 6 heteroatoms. The SMILES string of the molecule is CCCC/C=C\CCCCCCCC(=O)OC[C@@H](COC(=O)CCCCCCC/C=C\CCCCCCCC)OC(=O)CCCCCCC/C=C\C/C=C\CCCCC. The van der Waals surface area contributed by atoms with Crippen molar-refractivity contribution in [3.05, 3.63) is 48.6 Å². The topological polar surface area (TPSA) is 78.9 Å². The van der Waals surface area contributed by atoms with Gasteiger partial charge in [0.2, 0.25) is 0 Å². The van der Waals surface area contributed by atoms with Gasteiger partial charge < -0.3 is 14.2 Å². The largest absolute Gasteiger partial charge is 0.462 e. The van der Waals surface area contributed by atoms with Gasteiger partial charge in [-0.05, 0) is 96.3 Å². The lowest BCUT2D eigenvalue weighted by Crippen LogP contribution is -2.30. The molecule has 0 fully saturated rings. The minimum absolute atomic E-state index is 0.0853. The molecule has 0 aliphatic carbocycles. The van der Waals surface area contributed by atoms with Crippen LogP contribution in [0.4, 0.5) is 0 Å². The summed E-state index contributed by atoms with van der Waals surface area (Å²) in [7, 11) is 0. The molecule has 0 aromatic carbocycles. The summed E-state index contributed by atoms with van der Waals surface area (Å²) in [5.74, 6) is -0.913. The van der Waals surface area contributed by atoms with Crippen LogP contribution in [-0.2, 0) is 28.6 Å². The summed E-state index contributed by atoms with van der Waals surface area (Å²) in [6.45, 7) is 6.54. The highest BCUT2D eigenvalue weighted by Crippen LogP contribution is 2.14. The molecule has 6 nitrogen and oxygen atoms in total. The summed E-state index contributed by atoms with van der Waals surface area (Å²) in [6.07, 6.45) is 56.6. The Morgan fingerprint density at radius 2 is 0.627 bits per heavy atom. The number of esters is 3. The third kappa shape index (κ3) is 46.3. The highest BCUT2D eigenvalue weighted by Gasteiger charge is 2.19. The van der Waals surface area contributed by atoms with E-state index >= 15 is 0 Å². The molecule has 0 aliphatic rings. The van der Waals surface area contributed by atoms with Crippen LogP contribution < -0.4 is 0 Å². The van der Waals surface area contributed by atoms with Gasteiger partial charge in [-0.15, -0.1) is 0 Å². The first kappa shape index (κ1) is 56.4. The van der Waals surface area contributed by atoms with E-state index in [0.717, 1.165) is 96.3 Å². The molecule has 342 valence electrons. The number of rotatable bonds is 45. The number of ether oxygens (including phenoxy) is 3. The minimum Gasteiger partial charge on any atom is -0.462 e. The fourth-order valence-corrected chi connectivity index (χ4v) is 6.92. The molecule has 0 aromatic rings. The molecule has 59 heavy (non-hydrogen) atoms. The molecule has 0 amide bonds. The molecule has 0 heterocycles. The van der Waals surface area contributed by atoms with Crippen molar-refractivity contribution in [3.63, 3.8) is 0 Å². The third-order valence-corrected chi connectivity index (χ3v) is 10.8.